The molecule has 0 aliphatic carbocycles. The number of hydrogen-bond acceptors (Lipinski definition) is 3. The summed E-state index contributed by atoms with van der Waals surface area (Å²) in [5, 5.41) is 11.4. The highest BCUT2D eigenvalue weighted by Gasteiger charge is 2.17. The first kappa shape index (κ1) is 15.2. The Morgan fingerprint density at radius 2 is 1.79 bits per heavy atom. The van der Waals surface area contributed by atoms with Crippen molar-refractivity contribution in [1.82, 2.24) is 5.32 Å². The summed E-state index contributed by atoms with van der Waals surface area (Å²) in [5.41, 5.74) is 0.440. The van der Waals surface area contributed by atoms with E-state index in [1.165, 1.54) is 0 Å². The molecular weight excluding hydrogens is 270 g/mol. The molecule has 0 radical (unpaired) electrons. The Kier molecular flexibility index (Phi) is 5.51. The van der Waals surface area contributed by atoms with Crippen LogP contribution in [0.25, 0.3) is 0 Å². The molecule has 0 fully saturated rings. The summed E-state index contributed by atoms with van der Waals surface area (Å²) in [6.45, 7) is 1.55. The highest BCUT2D eigenvalue weighted by Crippen LogP contribution is 2.11. The number of rotatable bonds is 6. The van der Waals surface area contributed by atoms with Gasteiger partial charge in [0.1, 0.15) is 0 Å². The molecule has 0 heterocycles. The van der Waals surface area contributed by atoms with Crippen molar-refractivity contribution in [1.29, 1.82) is 0 Å². The molecule has 2 N–H and O–H groups in total. The molecule has 0 aliphatic heterocycles. The molecule has 0 saturated heterocycles. The number of aliphatic carboxylic acids is 1. The molecule has 1 rings (SSSR count). The number of ketones is 1. The Hall–Kier alpha value is -1.88. The number of Topliss-reactive ketones (excluding diaryl/α,β-unsaturated/α-hetero) is 1. The minimum Gasteiger partial charge on any atom is -0.481 e. The van der Waals surface area contributed by atoms with Crippen molar-refractivity contribution in [3.05, 3.63) is 34.9 Å². The molecule has 0 bridgehead atoms. The van der Waals surface area contributed by atoms with Gasteiger partial charge in [0.05, 0.1) is 12.5 Å². The average Bonchev–Trinajstić information content (AvgIpc) is 2.36. The first-order chi connectivity index (χ1) is 8.90. The molecule has 19 heavy (non-hydrogen) atoms. The normalized spacial score (nSPS) is 11.7. The topological polar surface area (TPSA) is 83.5 Å². The molecule has 0 spiro atoms. The minimum atomic E-state index is -1.05. The van der Waals surface area contributed by atoms with Gasteiger partial charge in [-0.1, -0.05) is 11.6 Å². The number of amides is 1. The quantitative estimate of drug-likeness (QED) is 0.781. The number of nitrogens with one attached hydrogen (secondary N) is 1. The van der Waals surface area contributed by atoms with Gasteiger partial charge in [0.2, 0.25) is 5.91 Å². The number of halogens is 1. The second kappa shape index (κ2) is 6.89. The highest BCUT2D eigenvalue weighted by molar-refractivity contribution is 6.30. The Balaban J connectivity index is 2.55. The maximum absolute atomic E-state index is 12.0. The average molecular weight is 284 g/mol. The van der Waals surface area contributed by atoms with Crippen molar-refractivity contribution in [3.63, 3.8) is 0 Å². The first-order valence-corrected chi connectivity index (χ1v) is 6.09. The van der Waals surface area contributed by atoms with Crippen molar-refractivity contribution in [2.75, 3.05) is 0 Å². The van der Waals surface area contributed by atoms with Crippen LogP contribution >= 0.6 is 11.6 Å². The van der Waals surface area contributed by atoms with Crippen LogP contribution < -0.4 is 5.32 Å². The van der Waals surface area contributed by atoms with E-state index in [1.54, 1.807) is 31.2 Å². The molecule has 102 valence electrons. The van der Waals surface area contributed by atoms with E-state index in [-0.39, 0.29) is 18.6 Å². The van der Waals surface area contributed by atoms with Crippen molar-refractivity contribution >= 4 is 29.3 Å². The van der Waals surface area contributed by atoms with E-state index < -0.39 is 17.9 Å². The summed E-state index contributed by atoms with van der Waals surface area (Å²) in [6, 6.07) is 5.62. The van der Waals surface area contributed by atoms with E-state index in [0.717, 1.165) is 0 Å². The fraction of sp³-hybridized carbons (Fsp3) is 0.308. The largest absolute Gasteiger partial charge is 0.481 e. The summed E-state index contributed by atoms with van der Waals surface area (Å²) >= 11 is 5.71. The summed E-state index contributed by atoms with van der Waals surface area (Å²) in [5.74, 6) is -1.76. The lowest BCUT2D eigenvalue weighted by atomic mass is 10.1. The van der Waals surface area contributed by atoms with Gasteiger partial charge in [-0.3, -0.25) is 14.4 Å². The van der Waals surface area contributed by atoms with Crippen molar-refractivity contribution in [3.8, 4) is 0 Å². The number of carboxylic acid groups (broad SMARTS) is 1. The van der Waals surface area contributed by atoms with E-state index >= 15 is 0 Å². The van der Waals surface area contributed by atoms with Gasteiger partial charge in [-0.05, 0) is 31.2 Å². The maximum atomic E-state index is 12.0. The molecule has 6 heteroatoms. The predicted octanol–water partition coefficient (Wildman–Crippen LogP) is 1.89. The number of benzene rings is 1. The zero-order chi connectivity index (χ0) is 14.4. The Bertz CT molecular complexity index is 484. The Morgan fingerprint density at radius 1 is 1.21 bits per heavy atom. The van der Waals surface area contributed by atoms with Crippen LogP contribution in [0, 0.1) is 0 Å². The maximum Gasteiger partial charge on any atom is 0.303 e. The van der Waals surface area contributed by atoms with E-state index in [2.05, 4.69) is 5.32 Å². The van der Waals surface area contributed by atoms with Crippen LogP contribution in [0.4, 0.5) is 0 Å². The van der Waals surface area contributed by atoms with Gasteiger partial charge in [-0.15, -0.1) is 0 Å². The lowest BCUT2D eigenvalue weighted by molar-refractivity contribution is -0.138. The Labute approximate surface area is 115 Å². The zero-order valence-electron chi connectivity index (χ0n) is 10.4. The van der Waals surface area contributed by atoms with Gasteiger partial charge in [0.15, 0.2) is 5.78 Å². The third-order valence-corrected chi connectivity index (χ3v) is 2.72. The summed E-state index contributed by atoms with van der Waals surface area (Å²) in [7, 11) is 0. The monoisotopic (exact) mass is 283 g/mol. The number of hydrogen-bond donors (Lipinski definition) is 2. The lowest BCUT2D eigenvalue weighted by Crippen LogP contribution is -2.38. The number of carboxylic acids is 1. The van der Waals surface area contributed by atoms with Crippen LogP contribution in [0.2, 0.25) is 5.02 Å². The molecule has 0 aromatic heterocycles. The van der Waals surface area contributed by atoms with E-state index in [4.69, 9.17) is 16.7 Å². The van der Waals surface area contributed by atoms with E-state index in [1.807, 2.05) is 0 Å². The van der Waals surface area contributed by atoms with E-state index in [0.29, 0.717) is 10.6 Å². The zero-order valence-corrected chi connectivity index (χ0v) is 11.1. The van der Waals surface area contributed by atoms with Gasteiger partial charge < -0.3 is 10.4 Å². The van der Waals surface area contributed by atoms with Gasteiger partial charge in [-0.25, -0.2) is 0 Å². The fourth-order valence-corrected chi connectivity index (χ4v) is 1.59. The molecule has 1 atom stereocenters. The molecule has 0 saturated carbocycles. The first-order valence-electron chi connectivity index (χ1n) is 5.71. The molecular formula is C13H14ClNO4. The summed E-state index contributed by atoms with van der Waals surface area (Å²) in [6.07, 6.45) is -0.402. The van der Waals surface area contributed by atoms with Crippen LogP contribution in [0.1, 0.15) is 30.1 Å². The smallest absolute Gasteiger partial charge is 0.303 e. The van der Waals surface area contributed by atoms with Gasteiger partial charge in [0, 0.05) is 17.0 Å². The fourth-order valence-electron chi connectivity index (χ4n) is 1.46. The lowest BCUT2D eigenvalue weighted by Gasteiger charge is -2.12. The van der Waals surface area contributed by atoms with Crippen LogP contribution in [0.15, 0.2) is 24.3 Å². The van der Waals surface area contributed by atoms with Gasteiger partial charge >= 0.3 is 5.97 Å². The van der Waals surface area contributed by atoms with Gasteiger partial charge in [-0.2, -0.15) is 0 Å². The van der Waals surface area contributed by atoms with Crippen molar-refractivity contribution in [2.45, 2.75) is 25.8 Å². The standard InChI is InChI=1S/C13H14ClNO4/c1-8(15-11(16)6-7-12(17)18)13(19)9-2-4-10(14)5-3-9/h2-5,8H,6-7H2,1H3,(H,15,16)(H,17,18). The van der Waals surface area contributed by atoms with Crippen LogP contribution in [-0.4, -0.2) is 28.8 Å². The van der Waals surface area contributed by atoms with Crippen molar-refractivity contribution in [2.24, 2.45) is 0 Å². The number of carbonyl (C=O) groups is 3. The van der Waals surface area contributed by atoms with Crippen LogP contribution in [0.3, 0.4) is 0 Å². The second-order valence-electron chi connectivity index (χ2n) is 4.05. The second-order valence-corrected chi connectivity index (χ2v) is 4.49. The molecule has 1 amide bonds. The summed E-state index contributed by atoms with van der Waals surface area (Å²) in [4.78, 5) is 33.7. The summed E-state index contributed by atoms with van der Waals surface area (Å²) < 4.78 is 0. The molecule has 1 unspecified atom stereocenters. The van der Waals surface area contributed by atoms with Crippen LogP contribution in [-0.2, 0) is 9.59 Å². The van der Waals surface area contributed by atoms with Crippen molar-refractivity contribution < 1.29 is 19.5 Å². The van der Waals surface area contributed by atoms with Gasteiger partial charge in [0.25, 0.3) is 0 Å². The molecule has 5 nitrogen and oxygen atoms in total. The predicted molar refractivity (Wildman–Crippen MR) is 70.3 cm³/mol. The Morgan fingerprint density at radius 3 is 2.32 bits per heavy atom. The van der Waals surface area contributed by atoms with Crippen LogP contribution in [0.5, 0.6) is 0 Å². The highest BCUT2D eigenvalue weighted by atomic mass is 35.5. The third-order valence-electron chi connectivity index (χ3n) is 2.47. The minimum absolute atomic E-state index is 0.145. The molecule has 1 aromatic carbocycles. The molecule has 1 aromatic rings. The SMILES string of the molecule is CC(NC(=O)CCC(=O)O)C(=O)c1ccc(Cl)cc1. The molecule has 0 aliphatic rings. The van der Waals surface area contributed by atoms with E-state index in [9.17, 15) is 14.4 Å². The third kappa shape index (κ3) is 5.09. The number of carbonyl (C=O) groups excluding carboxylic acids is 2.